The Hall–Kier alpha value is -3.02. The summed E-state index contributed by atoms with van der Waals surface area (Å²) in [6.07, 6.45) is 0.970. The predicted molar refractivity (Wildman–Crippen MR) is 112 cm³/mol. The molecule has 0 bridgehead atoms. The number of nitrogens with zero attached hydrogens (tertiary/aromatic N) is 2. The molecule has 2 rings (SSSR count). The van der Waals surface area contributed by atoms with Crippen molar-refractivity contribution in [2.24, 2.45) is 5.10 Å². The third-order valence-electron chi connectivity index (χ3n) is 3.66. The number of non-ortho nitro benzene ring substituents is 1. The number of amides is 2. The molecule has 0 atom stereocenters. The first-order valence-electron chi connectivity index (χ1n) is 8.11. The van der Waals surface area contributed by atoms with Gasteiger partial charge in [0, 0.05) is 39.8 Å². The summed E-state index contributed by atoms with van der Waals surface area (Å²) in [4.78, 5) is 33.9. The van der Waals surface area contributed by atoms with Gasteiger partial charge < -0.3 is 10.4 Å². The van der Waals surface area contributed by atoms with Crippen LogP contribution in [-0.2, 0) is 9.59 Å². The molecule has 0 spiro atoms. The summed E-state index contributed by atoms with van der Waals surface area (Å²) in [5.41, 5.74) is 3.69. The molecule has 0 unspecified atom stereocenters. The van der Waals surface area contributed by atoms with Crippen LogP contribution in [0.2, 0.25) is 0 Å². The van der Waals surface area contributed by atoms with Crippen molar-refractivity contribution in [3.05, 3.63) is 61.2 Å². The molecule has 0 saturated heterocycles. The van der Waals surface area contributed by atoms with Crippen molar-refractivity contribution in [3.63, 3.8) is 0 Å². The summed E-state index contributed by atoms with van der Waals surface area (Å²) in [7, 11) is 0. The number of benzene rings is 2. The van der Waals surface area contributed by atoms with Crippen molar-refractivity contribution in [2.45, 2.75) is 19.8 Å². The minimum Gasteiger partial charge on any atom is -0.507 e. The number of aromatic hydroxyl groups is 1. The number of hydrazone groups is 1. The maximum absolute atomic E-state index is 12.0. The summed E-state index contributed by atoms with van der Waals surface area (Å²) in [5.74, 6) is -1.02. The van der Waals surface area contributed by atoms with Crippen LogP contribution in [0.4, 0.5) is 11.4 Å². The molecule has 0 saturated carbocycles. The van der Waals surface area contributed by atoms with Crippen LogP contribution < -0.4 is 10.7 Å². The Bertz CT molecular complexity index is 946. The first-order chi connectivity index (χ1) is 13.3. The number of hydrogen-bond donors (Lipinski definition) is 3. The molecule has 2 aromatic carbocycles. The lowest BCUT2D eigenvalue weighted by atomic mass is 10.2. The number of nitro groups is 1. The average molecular weight is 496 g/mol. The number of nitrogens with one attached hydrogen (secondary N) is 2. The second-order valence-electron chi connectivity index (χ2n) is 5.80. The van der Waals surface area contributed by atoms with Gasteiger partial charge in [-0.1, -0.05) is 0 Å². The van der Waals surface area contributed by atoms with E-state index in [2.05, 4.69) is 38.4 Å². The van der Waals surface area contributed by atoms with Crippen LogP contribution in [0.1, 0.15) is 24.0 Å². The van der Waals surface area contributed by atoms with Crippen molar-refractivity contribution in [1.29, 1.82) is 0 Å². The van der Waals surface area contributed by atoms with Crippen molar-refractivity contribution >= 4 is 52.0 Å². The quantitative estimate of drug-likeness (QED) is 0.235. The van der Waals surface area contributed by atoms with E-state index in [1.807, 2.05) is 19.1 Å². The first-order valence-corrected chi connectivity index (χ1v) is 9.19. The van der Waals surface area contributed by atoms with Crippen LogP contribution in [0.25, 0.3) is 0 Å². The Labute approximate surface area is 174 Å². The lowest BCUT2D eigenvalue weighted by molar-refractivity contribution is -0.384. The zero-order valence-electron chi connectivity index (χ0n) is 14.8. The molecule has 146 valence electrons. The largest absolute Gasteiger partial charge is 0.507 e. The fourth-order valence-electron chi connectivity index (χ4n) is 2.20. The molecule has 0 radical (unpaired) electrons. The SMILES string of the molecule is Cc1cc(I)ccc1NC(=O)CCC(=O)N/N=C/c1cc([N+](=O)[O-])ccc1O. The van der Waals surface area contributed by atoms with E-state index in [0.29, 0.717) is 5.69 Å². The van der Waals surface area contributed by atoms with Crippen LogP contribution in [0, 0.1) is 20.6 Å². The molecule has 0 fully saturated rings. The fraction of sp³-hybridized carbons (Fsp3) is 0.167. The highest BCUT2D eigenvalue weighted by molar-refractivity contribution is 14.1. The Morgan fingerprint density at radius 3 is 2.61 bits per heavy atom. The molecule has 9 nitrogen and oxygen atoms in total. The van der Waals surface area contributed by atoms with Gasteiger partial charge in [0.25, 0.3) is 5.69 Å². The number of phenolic OH excluding ortho intramolecular Hbond substituents is 1. The van der Waals surface area contributed by atoms with Crippen molar-refractivity contribution in [1.82, 2.24) is 5.43 Å². The zero-order chi connectivity index (χ0) is 20.7. The molecule has 0 aliphatic rings. The minimum absolute atomic E-state index is 0.0329. The van der Waals surface area contributed by atoms with E-state index < -0.39 is 10.8 Å². The second-order valence-corrected chi connectivity index (χ2v) is 7.05. The lowest BCUT2D eigenvalue weighted by Gasteiger charge is -2.08. The number of hydrogen-bond acceptors (Lipinski definition) is 6. The highest BCUT2D eigenvalue weighted by Crippen LogP contribution is 2.21. The third-order valence-corrected chi connectivity index (χ3v) is 4.33. The van der Waals surface area contributed by atoms with Crippen LogP contribution >= 0.6 is 22.6 Å². The maximum atomic E-state index is 12.0. The Balaban J connectivity index is 1.84. The first kappa shape index (κ1) is 21.3. The number of anilines is 1. The second kappa shape index (κ2) is 9.78. The third kappa shape index (κ3) is 6.30. The molecule has 0 aliphatic carbocycles. The molecule has 2 amide bonds. The molecule has 0 heterocycles. The molecule has 0 aliphatic heterocycles. The summed E-state index contributed by atoms with van der Waals surface area (Å²) >= 11 is 2.18. The molecule has 2 aromatic rings. The molecule has 10 heteroatoms. The number of rotatable bonds is 7. The molecular weight excluding hydrogens is 479 g/mol. The van der Waals surface area contributed by atoms with Gasteiger partial charge in [-0.25, -0.2) is 5.43 Å². The number of halogens is 1. The van der Waals surface area contributed by atoms with Crippen molar-refractivity contribution in [3.8, 4) is 5.75 Å². The molecule has 0 aromatic heterocycles. The van der Waals surface area contributed by atoms with Gasteiger partial charge in [0.15, 0.2) is 0 Å². The van der Waals surface area contributed by atoms with Crippen LogP contribution in [0.3, 0.4) is 0 Å². The normalized spacial score (nSPS) is 10.6. The average Bonchev–Trinajstić information content (AvgIpc) is 2.63. The summed E-state index contributed by atoms with van der Waals surface area (Å²) in [6.45, 7) is 1.88. The fourth-order valence-corrected chi connectivity index (χ4v) is 2.84. The number of aryl methyl sites for hydroxylation is 1. The van der Waals surface area contributed by atoms with Gasteiger partial charge in [0.1, 0.15) is 5.75 Å². The van der Waals surface area contributed by atoms with Gasteiger partial charge in [-0.3, -0.25) is 19.7 Å². The highest BCUT2D eigenvalue weighted by Gasteiger charge is 2.10. The predicted octanol–water partition coefficient (Wildman–Crippen LogP) is 3.08. The standard InChI is InChI=1S/C18H17IN4O5/c1-11-8-13(19)2-4-15(11)21-17(25)6-7-18(26)22-20-10-12-9-14(23(27)28)3-5-16(12)24/h2-5,8-10,24H,6-7H2,1H3,(H,21,25)(H,22,26)/b20-10+. The van der Waals surface area contributed by atoms with Gasteiger partial charge in [0.05, 0.1) is 11.1 Å². The minimum atomic E-state index is -0.608. The van der Waals surface area contributed by atoms with Crippen LogP contribution in [-0.4, -0.2) is 28.1 Å². The topological polar surface area (TPSA) is 134 Å². The smallest absolute Gasteiger partial charge is 0.270 e. The van der Waals surface area contributed by atoms with E-state index >= 15 is 0 Å². The van der Waals surface area contributed by atoms with Crippen molar-refractivity contribution in [2.75, 3.05) is 5.32 Å². The van der Waals surface area contributed by atoms with Crippen LogP contribution in [0.5, 0.6) is 5.75 Å². The Morgan fingerprint density at radius 2 is 1.93 bits per heavy atom. The summed E-state index contributed by atoms with van der Waals surface area (Å²) in [6, 6.07) is 9.04. The summed E-state index contributed by atoms with van der Waals surface area (Å²) < 4.78 is 1.06. The van der Waals surface area contributed by atoms with Crippen molar-refractivity contribution < 1.29 is 19.6 Å². The van der Waals surface area contributed by atoms with E-state index in [-0.39, 0.29) is 35.7 Å². The van der Waals surface area contributed by atoms with Crippen LogP contribution in [0.15, 0.2) is 41.5 Å². The summed E-state index contributed by atoms with van der Waals surface area (Å²) in [5, 5.41) is 26.8. The van der Waals surface area contributed by atoms with E-state index in [0.717, 1.165) is 33.5 Å². The van der Waals surface area contributed by atoms with E-state index in [4.69, 9.17) is 0 Å². The van der Waals surface area contributed by atoms with Gasteiger partial charge in [0.2, 0.25) is 11.8 Å². The van der Waals surface area contributed by atoms with E-state index in [9.17, 15) is 24.8 Å². The monoisotopic (exact) mass is 496 g/mol. The highest BCUT2D eigenvalue weighted by atomic mass is 127. The maximum Gasteiger partial charge on any atom is 0.270 e. The van der Waals surface area contributed by atoms with Gasteiger partial charge in [-0.15, -0.1) is 0 Å². The number of phenols is 1. The lowest BCUT2D eigenvalue weighted by Crippen LogP contribution is -2.20. The van der Waals surface area contributed by atoms with E-state index in [1.54, 1.807) is 6.07 Å². The van der Waals surface area contributed by atoms with Gasteiger partial charge in [-0.2, -0.15) is 5.10 Å². The molecular formula is C18H17IN4O5. The molecule has 3 N–H and O–H groups in total. The zero-order valence-corrected chi connectivity index (χ0v) is 17.0. The Morgan fingerprint density at radius 1 is 1.21 bits per heavy atom. The van der Waals surface area contributed by atoms with Gasteiger partial charge >= 0.3 is 0 Å². The Kier molecular flexibility index (Phi) is 7.44. The molecule has 28 heavy (non-hydrogen) atoms. The number of carbonyl (C=O) groups excluding carboxylic acids is 2. The van der Waals surface area contributed by atoms with Gasteiger partial charge in [-0.05, 0) is 59.3 Å². The number of nitro benzene ring substituents is 1. The number of carbonyl (C=O) groups is 2. The van der Waals surface area contributed by atoms with E-state index in [1.165, 1.54) is 0 Å².